The maximum absolute atomic E-state index is 11.0. The molecule has 0 spiro atoms. The fourth-order valence-corrected chi connectivity index (χ4v) is 2.09. The van der Waals surface area contributed by atoms with Gasteiger partial charge in [0.05, 0.1) is 5.56 Å². The molecular weight excluding hydrogens is 282 g/mol. The SMILES string of the molecule is N=C(/N=C1\Nc2ccccc2CO1)c1cccc(C(=O)O)c1. The van der Waals surface area contributed by atoms with Crippen molar-refractivity contribution in [2.75, 3.05) is 5.32 Å². The van der Waals surface area contributed by atoms with Crippen LogP contribution in [0.3, 0.4) is 0 Å². The van der Waals surface area contributed by atoms with Crippen LogP contribution in [0.4, 0.5) is 5.69 Å². The van der Waals surface area contributed by atoms with Gasteiger partial charge in [0.2, 0.25) is 0 Å². The van der Waals surface area contributed by atoms with E-state index < -0.39 is 5.97 Å². The lowest BCUT2D eigenvalue weighted by atomic mass is 10.1. The van der Waals surface area contributed by atoms with Crippen molar-refractivity contribution in [1.29, 1.82) is 5.41 Å². The summed E-state index contributed by atoms with van der Waals surface area (Å²) in [5, 5.41) is 20.0. The van der Waals surface area contributed by atoms with Gasteiger partial charge >= 0.3 is 5.97 Å². The number of amidine groups is 2. The second kappa shape index (κ2) is 5.69. The van der Waals surface area contributed by atoms with E-state index in [0.29, 0.717) is 12.2 Å². The smallest absolute Gasteiger partial charge is 0.335 e. The Hall–Kier alpha value is -3.15. The molecule has 6 heteroatoms. The number of hydrogen-bond acceptors (Lipinski definition) is 3. The Labute approximate surface area is 126 Å². The molecule has 110 valence electrons. The fraction of sp³-hybridized carbons (Fsp3) is 0.0625. The highest BCUT2D eigenvalue weighted by Gasteiger charge is 2.15. The van der Waals surface area contributed by atoms with Crippen LogP contribution in [0, 0.1) is 5.41 Å². The Morgan fingerprint density at radius 1 is 1.18 bits per heavy atom. The highest BCUT2D eigenvalue weighted by atomic mass is 16.5. The van der Waals surface area contributed by atoms with E-state index in [1.54, 1.807) is 12.1 Å². The average Bonchev–Trinajstić information content (AvgIpc) is 2.55. The molecule has 0 amide bonds. The molecule has 0 aromatic heterocycles. The van der Waals surface area contributed by atoms with Crippen molar-refractivity contribution < 1.29 is 14.6 Å². The molecule has 3 N–H and O–H groups in total. The van der Waals surface area contributed by atoms with Crippen molar-refractivity contribution in [3.8, 4) is 0 Å². The highest BCUT2D eigenvalue weighted by Crippen LogP contribution is 2.20. The number of carboxylic acids is 1. The summed E-state index contributed by atoms with van der Waals surface area (Å²) in [6.07, 6.45) is 0. The number of hydrogen-bond donors (Lipinski definition) is 3. The summed E-state index contributed by atoms with van der Waals surface area (Å²) < 4.78 is 5.46. The predicted molar refractivity (Wildman–Crippen MR) is 82.5 cm³/mol. The van der Waals surface area contributed by atoms with Crippen molar-refractivity contribution in [2.24, 2.45) is 4.99 Å². The van der Waals surface area contributed by atoms with Crippen molar-refractivity contribution in [3.05, 3.63) is 65.2 Å². The number of carbonyl (C=O) groups is 1. The minimum atomic E-state index is -1.04. The van der Waals surface area contributed by atoms with Crippen molar-refractivity contribution in [2.45, 2.75) is 6.61 Å². The summed E-state index contributed by atoms with van der Waals surface area (Å²) in [7, 11) is 0. The molecule has 1 aliphatic rings. The summed E-state index contributed by atoms with van der Waals surface area (Å²) in [5.74, 6) is -1.10. The quantitative estimate of drug-likeness (QED) is 0.586. The molecule has 0 bridgehead atoms. The number of para-hydroxylation sites is 1. The lowest BCUT2D eigenvalue weighted by Crippen LogP contribution is -2.23. The van der Waals surface area contributed by atoms with Crippen LogP contribution in [0.1, 0.15) is 21.5 Å². The van der Waals surface area contributed by atoms with Crippen LogP contribution in [0.5, 0.6) is 0 Å². The molecule has 0 atom stereocenters. The van der Waals surface area contributed by atoms with Crippen LogP contribution >= 0.6 is 0 Å². The van der Waals surface area contributed by atoms with Crippen LogP contribution in [-0.2, 0) is 11.3 Å². The van der Waals surface area contributed by atoms with E-state index in [0.717, 1.165) is 11.3 Å². The van der Waals surface area contributed by atoms with Gasteiger partial charge in [0.25, 0.3) is 6.02 Å². The highest BCUT2D eigenvalue weighted by molar-refractivity contribution is 6.07. The largest absolute Gasteiger partial charge is 0.478 e. The number of benzene rings is 2. The lowest BCUT2D eigenvalue weighted by Gasteiger charge is -2.20. The zero-order valence-electron chi connectivity index (χ0n) is 11.5. The van der Waals surface area contributed by atoms with Gasteiger partial charge in [-0.2, -0.15) is 4.99 Å². The minimum absolute atomic E-state index is 0.0648. The number of anilines is 1. The first-order valence-corrected chi connectivity index (χ1v) is 6.62. The Kier molecular flexibility index (Phi) is 3.57. The molecule has 0 unspecified atom stereocenters. The van der Waals surface area contributed by atoms with E-state index in [1.165, 1.54) is 12.1 Å². The van der Waals surface area contributed by atoms with Crippen LogP contribution in [-0.4, -0.2) is 22.9 Å². The van der Waals surface area contributed by atoms with E-state index in [1.807, 2.05) is 24.3 Å². The standard InChI is InChI=1S/C16H13N3O3/c17-14(10-5-3-6-11(8-10)15(20)21)19-16-18-13-7-2-1-4-12(13)9-22-16/h1-8H,9H2,(H,20,21)(H2,17,18,19). The third-order valence-electron chi connectivity index (χ3n) is 3.22. The molecule has 2 aromatic rings. The van der Waals surface area contributed by atoms with Gasteiger partial charge in [0.1, 0.15) is 6.61 Å². The summed E-state index contributed by atoms with van der Waals surface area (Å²) in [4.78, 5) is 15.0. The first-order valence-electron chi connectivity index (χ1n) is 6.62. The molecule has 22 heavy (non-hydrogen) atoms. The van der Waals surface area contributed by atoms with Crippen molar-refractivity contribution in [1.82, 2.24) is 0 Å². The maximum Gasteiger partial charge on any atom is 0.335 e. The van der Waals surface area contributed by atoms with Gasteiger partial charge in [-0.15, -0.1) is 0 Å². The number of aromatic carboxylic acids is 1. The van der Waals surface area contributed by atoms with Crippen molar-refractivity contribution in [3.63, 3.8) is 0 Å². The second-order valence-corrected chi connectivity index (χ2v) is 4.72. The Bertz CT molecular complexity index is 784. The molecule has 1 aliphatic heterocycles. The maximum atomic E-state index is 11.0. The normalized spacial score (nSPS) is 14.6. The number of rotatable bonds is 2. The van der Waals surface area contributed by atoms with Gasteiger partial charge in [-0.25, -0.2) is 4.79 Å². The summed E-state index contributed by atoms with van der Waals surface area (Å²) in [5.41, 5.74) is 2.43. The summed E-state index contributed by atoms with van der Waals surface area (Å²) in [6, 6.07) is 14.0. The van der Waals surface area contributed by atoms with E-state index >= 15 is 0 Å². The third-order valence-corrected chi connectivity index (χ3v) is 3.22. The first kappa shape index (κ1) is 13.8. The lowest BCUT2D eigenvalue weighted by molar-refractivity contribution is 0.0697. The van der Waals surface area contributed by atoms with E-state index in [-0.39, 0.29) is 17.4 Å². The van der Waals surface area contributed by atoms with Gasteiger partial charge in [0, 0.05) is 16.8 Å². The van der Waals surface area contributed by atoms with Gasteiger partial charge < -0.3 is 15.2 Å². The number of nitrogens with one attached hydrogen (secondary N) is 2. The number of nitrogens with zero attached hydrogens (tertiary/aromatic N) is 1. The van der Waals surface area contributed by atoms with Crippen LogP contribution in [0.2, 0.25) is 0 Å². The molecule has 0 fully saturated rings. The fourth-order valence-electron chi connectivity index (χ4n) is 2.09. The number of carboxylic acid groups (broad SMARTS) is 1. The third kappa shape index (κ3) is 2.80. The average molecular weight is 295 g/mol. The van der Waals surface area contributed by atoms with Crippen molar-refractivity contribution >= 4 is 23.5 Å². The molecule has 0 saturated heterocycles. The van der Waals surface area contributed by atoms with Crippen LogP contribution in [0.15, 0.2) is 53.5 Å². The molecule has 0 aliphatic carbocycles. The number of fused-ring (bicyclic) bond motifs is 1. The molecule has 2 aromatic carbocycles. The Balaban J connectivity index is 1.82. The Morgan fingerprint density at radius 3 is 2.77 bits per heavy atom. The van der Waals surface area contributed by atoms with Gasteiger partial charge in [-0.05, 0) is 18.2 Å². The van der Waals surface area contributed by atoms with E-state index in [2.05, 4.69) is 10.3 Å². The minimum Gasteiger partial charge on any atom is -0.478 e. The molecule has 1 heterocycles. The monoisotopic (exact) mass is 295 g/mol. The van der Waals surface area contributed by atoms with Gasteiger partial charge in [-0.3, -0.25) is 5.41 Å². The molecule has 0 saturated carbocycles. The molecule has 3 rings (SSSR count). The zero-order valence-corrected chi connectivity index (χ0v) is 11.5. The second-order valence-electron chi connectivity index (χ2n) is 4.72. The first-order chi connectivity index (χ1) is 10.6. The molecule has 0 radical (unpaired) electrons. The van der Waals surface area contributed by atoms with E-state index in [9.17, 15) is 4.79 Å². The predicted octanol–water partition coefficient (Wildman–Crippen LogP) is 2.71. The zero-order chi connectivity index (χ0) is 15.5. The van der Waals surface area contributed by atoms with Crippen LogP contribution in [0.25, 0.3) is 0 Å². The molecule has 6 nitrogen and oxygen atoms in total. The summed E-state index contributed by atoms with van der Waals surface area (Å²) >= 11 is 0. The van der Waals surface area contributed by atoms with Gasteiger partial charge in [-0.1, -0.05) is 30.3 Å². The van der Waals surface area contributed by atoms with E-state index in [4.69, 9.17) is 15.3 Å². The number of ether oxygens (including phenoxy) is 1. The number of aliphatic imine (C=N–C) groups is 1. The summed E-state index contributed by atoms with van der Waals surface area (Å²) in [6.45, 7) is 0.379. The molecular formula is C16H13N3O3. The Morgan fingerprint density at radius 2 is 1.95 bits per heavy atom. The van der Waals surface area contributed by atoms with Crippen LogP contribution < -0.4 is 5.32 Å². The van der Waals surface area contributed by atoms with Gasteiger partial charge in [0.15, 0.2) is 5.84 Å². The topological polar surface area (TPSA) is 94.8 Å².